The van der Waals surface area contributed by atoms with Crippen molar-refractivity contribution < 1.29 is 0 Å². The van der Waals surface area contributed by atoms with E-state index in [1.54, 1.807) is 0 Å². The third-order valence-corrected chi connectivity index (χ3v) is 0.300. The molecule has 0 spiro atoms. The Balaban J connectivity index is 3.17. The molecular weight excluding hydrogens is 76.1 g/mol. The molecule has 0 bridgehead atoms. The van der Waals surface area contributed by atoms with E-state index in [0.29, 0.717) is 0 Å². The summed E-state index contributed by atoms with van der Waals surface area (Å²) in [5.74, 6) is 8.03. The predicted octanol–water partition coefficient (Wildman–Crippen LogP) is 0.373. The first kappa shape index (κ1) is 5.92. The van der Waals surface area contributed by atoms with Gasteiger partial charge in [-0.1, -0.05) is 0 Å². The van der Waals surface area contributed by atoms with Crippen molar-refractivity contribution in [3.8, 4) is 0 Å². The van der Waals surface area contributed by atoms with Gasteiger partial charge < -0.3 is 0 Å². The van der Waals surface area contributed by atoms with Crippen LogP contribution >= 0.6 is 0 Å². The molecule has 0 aliphatic rings. The summed E-state index contributed by atoms with van der Waals surface area (Å²) in [6, 6.07) is 0. The first-order valence-corrected chi connectivity index (χ1v) is 1.92. The summed E-state index contributed by atoms with van der Waals surface area (Å²) in [4.78, 5) is 0. The quantitative estimate of drug-likeness (QED) is 0.381. The summed E-state index contributed by atoms with van der Waals surface area (Å²) in [6.45, 7) is 5.48. The summed E-state index contributed by atoms with van der Waals surface area (Å²) in [6.07, 6.45) is 0. The van der Waals surface area contributed by atoms with Gasteiger partial charge in [-0.2, -0.15) is 0 Å². The van der Waals surface area contributed by atoms with E-state index in [1.165, 1.54) is 0 Å². The molecule has 0 aromatic rings. The van der Waals surface area contributed by atoms with Gasteiger partial charge in [0.25, 0.3) is 5.84 Å². The van der Waals surface area contributed by atoms with E-state index >= 15 is 0 Å². The fourth-order valence-electron chi connectivity index (χ4n) is 0. The molecule has 34 valence electrons. The molecule has 2 nitrogen and oxygen atoms in total. The minimum absolute atomic E-state index is 0.278. The van der Waals surface area contributed by atoms with Crippen molar-refractivity contribution in [2.45, 2.75) is 26.3 Å². The van der Waals surface area contributed by atoms with Crippen molar-refractivity contribution in [1.29, 1.82) is 0 Å². The zero-order valence-corrected chi connectivity index (χ0v) is 4.39. The Kier molecular flexibility index (Phi) is 1.56. The van der Waals surface area contributed by atoms with Crippen molar-refractivity contribution in [2.24, 2.45) is 0 Å². The third-order valence-electron chi connectivity index (χ3n) is 0.300. The van der Waals surface area contributed by atoms with E-state index in [0.717, 1.165) is 0 Å². The maximum absolute atomic E-state index is 8.03. The minimum atomic E-state index is -0.278. The molecule has 0 aliphatic heterocycles. The number of hydrogen-bond acceptors (Lipinski definition) is 0. The summed E-state index contributed by atoms with van der Waals surface area (Å²) < 4.78 is 0. The van der Waals surface area contributed by atoms with Crippen LogP contribution in [-0.2, 0) is 0 Å². The lowest BCUT2D eigenvalue weighted by molar-refractivity contribution is 0.416. The summed E-state index contributed by atoms with van der Waals surface area (Å²) >= 11 is 0. The molecule has 0 N–H and O–H groups in total. The highest BCUT2D eigenvalue weighted by molar-refractivity contribution is 4.63. The van der Waals surface area contributed by atoms with Gasteiger partial charge in [0, 0.05) is 20.8 Å². The van der Waals surface area contributed by atoms with E-state index in [-0.39, 0.29) is 5.54 Å². The fourth-order valence-corrected chi connectivity index (χ4v) is 0. The highest BCUT2D eigenvalue weighted by Crippen LogP contribution is 1.95. The average molecular weight is 85.1 g/mol. The Morgan fingerprint density at radius 1 is 1.33 bits per heavy atom. The van der Waals surface area contributed by atoms with Crippen molar-refractivity contribution in [2.75, 3.05) is 0 Å². The van der Waals surface area contributed by atoms with E-state index in [4.69, 9.17) is 5.84 Å². The molecule has 2 heteroatoms. The Hall–Kier alpha value is -0.0800. The lowest BCUT2D eigenvalue weighted by atomic mass is 10.1. The van der Waals surface area contributed by atoms with Gasteiger partial charge in [-0.3, -0.25) is 0 Å². The SMILES string of the molecule is CC(C)(C)[N+][N]. The minimum Gasteiger partial charge on any atom is 0.00380 e. The molecule has 0 atom stereocenters. The lowest BCUT2D eigenvalue weighted by Gasteiger charge is -1.92. The largest absolute Gasteiger partial charge is 0.265 e. The molecule has 0 unspecified atom stereocenters. The molecule has 0 saturated heterocycles. The van der Waals surface area contributed by atoms with Crippen molar-refractivity contribution in [1.82, 2.24) is 11.3 Å². The molecule has 0 heterocycles. The zero-order valence-electron chi connectivity index (χ0n) is 4.39. The van der Waals surface area contributed by atoms with Gasteiger partial charge in [0.15, 0.2) is 0 Å². The lowest BCUT2D eigenvalue weighted by Crippen LogP contribution is -2.26. The van der Waals surface area contributed by atoms with Gasteiger partial charge in [0.05, 0.1) is 0 Å². The van der Waals surface area contributed by atoms with Crippen LogP contribution in [0.2, 0.25) is 0 Å². The molecule has 0 aromatic heterocycles. The second-order valence-electron chi connectivity index (χ2n) is 2.27. The van der Waals surface area contributed by atoms with E-state index < -0.39 is 0 Å². The highest BCUT2D eigenvalue weighted by atomic mass is 15.2. The van der Waals surface area contributed by atoms with Crippen LogP contribution in [0.4, 0.5) is 0 Å². The standard InChI is InChI=1S/C4H9N2/c1-4(2,3)6-5/h1-3H3/q+1. The Labute approximate surface area is 38.7 Å². The van der Waals surface area contributed by atoms with Gasteiger partial charge in [0.2, 0.25) is 11.0 Å². The Morgan fingerprint density at radius 3 is 1.50 bits per heavy atom. The van der Waals surface area contributed by atoms with Gasteiger partial charge >= 0.3 is 0 Å². The molecule has 0 fully saturated rings. The summed E-state index contributed by atoms with van der Waals surface area (Å²) in [5.41, 5.74) is 2.74. The molecule has 0 aromatic carbocycles. The summed E-state index contributed by atoms with van der Waals surface area (Å²) in [5, 5.41) is 0. The third kappa shape index (κ3) is 3.92. The van der Waals surface area contributed by atoms with Crippen LogP contribution in [0.1, 0.15) is 20.8 Å². The van der Waals surface area contributed by atoms with Gasteiger partial charge in [-0.05, 0) is 0 Å². The van der Waals surface area contributed by atoms with Crippen molar-refractivity contribution in [3.63, 3.8) is 0 Å². The molecule has 4 radical (unpaired) electrons. The molecular formula is C4H9N2+. The molecule has 0 rings (SSSR count). The van der Waals surface area contributed by atoms with Crippen LogP contribution in [-0.4, -0.2) is 5.54 Å². The second kappa shape index (κ2) is 1.58. The van der Waals surface area contributed by atoms with E-state index in [9.17, 15) is 0 Å². The van der Waals surface area contributed by atoms with Gasteiger partial charge in [-0.15, -0.1) is 0 Å². The van der Waals surface area contributed by atoms with Crippen LogP contribution in [0, 0.1) is 0 Å². The molecule has 6 heavy (non-hydrogen) atoms. The maximum Gasteiger partial charge on any atom is 0.265 e. The van der Waals surface area contributed by atoms with E-state index in [1.807, 2.05) is 20.8 Å². The molecule has 0 aliphatic carbocycles. The van der Waals surface area contributed by atoms with Crippen LogP contribution < -0.4 is 11.3 Å². The smallest absolute Gasteiger partial charge is 0.00380 e. The van der Waals surface area contributed by atoms with Crippen molar-refractivity contribution >= 4 is 0 Å². The van der Waals surface area contributed by atoms with Crippen LogP contribution in [0.15, 0.2) is 0 Å². The fraction of sp³-hybridized carbons (Fsp3) is 1.00. The second-order valence-corrected chi connectivity index (χ2v) is 2.27. The molecule has 0 amide bonds. The van der Waals surface area contributed by atoms with E-state index in [2.05, 4.69) is 5.43 Å². The number of hydrogen-bond donors (Lipinski definition) is 0. The average Bonchev–Trinajstić information content (AvgIpc) is 1.35. The number of nitrogens with zero attached hydrogens (tertiary/aromatic N) is 2. The topological polar surface area (TPSA) is 36.4 Å². The Morgan fingerprint density at radius 2 is 1.50 bits per heavy atom. The van der Waals surface area contributed by atoms with Gasteiger partial charge in [-0.25, -0.2) is 0 Å². The van der Waals surface area contributed by atoms with Crippen LogP contribution in [0.5, 0.6) is 0 Å². The predicted molar refractivity (Wildman–Crippen MR) is 24.0 cm³/mol. The zero-order chi connectivity index (χ0) is 5.21. The highest BCUT2D eigenvalue weighted by Gasteiger charge is 2.24. The Bertz CT molecular complexity index is 35.3. The van der Waals surface area contributed by atoms with Gasteiger partial charge in [0.1, 0.15) is 0 Å². The monoisotopic (exact) mass is 85.1 g/mol. The number of rotatable bonds is 0. The normalized spacial score (nSPS) is 12.0. The van der Waals surface area contributed by atoms with Crippen molar-refractivity contribution in [3.05, 3.63) is 0 Å². The first-order valence-electron chi connectivity index (χ1n) is 1.92. The molecule has 0 saturated carbocycles. The maximum atomic E-state index is 8.03. The summed E-state index contributed by atoms with van der Waals surface area (Å²) in [7, 11) is 0. The van der Waals surface area contributed by atoms with Crippen LogP contribution in [0.3, 0.4) is 0 Å². The first-order chi connectivity index (χ1) is 2.56. The van der Waals surface area contributed by atoms with Crippen LogP contribution in [0.25, 0.3) is 0 Å².